The van der Waals surface area contributed by atoms with Crippen LogP contribution in [0.25, 0.3) is 0 Å². The SMILES string of the molecule is O=C(OCCOCCOCCOCCOCCOCCOCCOCCOCCOCCOCCNc1ccc([N+](=O)[O-])cc1[N+](=O)[O-])c1ccccc1Nc1cccc(C(F)(F)F)c1. The van der Waals surface area contributed by atoms with E-state index in [1.54, 1.807) is 18.2 Å². The van der Waals surface area contributed by atoms with Crippen LogP contribution in [0, 0.1) is 20.2 Å². The summed E-state index contributed by atoms with van der Waals surface area (Å²) in [5.41, 5.74) is -0.708. The lowest BCUT2D eigenvalue weighted by molar-refractivity contribution is -0.393. The van der Waals surface area contributed by atoms with Crippen LogP contribution in [0.5, 0.6) is 0 Å². The maximum atomic E-state index is 13.1. The zero-order chi connectivity index (χ0) is 46.8. The Morgan fingerprint density at radius 2 is 0.954 bits per heavy atom. The number of hydrogen-bond acceptors (Lipinski definition) is 18. The van der Waals surface area contributed by atoms with E-state index in [0.29, 0.717) is 118 Å². The van der Waals surface area contributed by atoms with Crippen LogP contribution >= 0.6 is 0 Å². The number of alkyl halides is 3. The molecule has 23 heteroatoms. The van der Waals surface area contributed by atoms with E-state index in [-0.39, 0.29) is 61.3 Å². The number of halogens is 3. The van der Waals surface area contributed by atoms with Gasteiger partial charge < -0.3 is 62.7 Å². The van der Waals surface area contributed by atoms with Gasteiger partial charge in [0.15, 0.2) is 0 Å². The number of nitro benzene ring substituents is 2. The van der Waals surface area contributed by atoms with Gasteiger partial charge in [0.1, 0.15) is 12.3 Å². The van der Waals surface area contributed by atoms with Crippen molar-refractivity contribution >= 4 is 34.4 Å². The van der Waals surface area contributed by atoms with E-state index in [0.717, 1.165) is 18.2 Å². The van der Waals surface area contributed by atoms with Crippen LogP contribution in [0.3, 0.4) is 0 Å². The third kappa shape index (κ3) is 24.7. The fraction of sp³-hybridized carbons (Fsp3) is 0.548. The zero-order valence-electron chi connectivity index (χ0n) is 36.0. The number of nitro groups is 2. The second kappa shape index (κ2) is 33.4. The van der Waals surface area contributed by atoms with Crippen molar-refractivity contribution in [3.05, 3.63) is 98.1 Å². The van der Waals surface area contributed by atoms with Crippen molar-refractivity contribution in [3.63, 3.8) is 0 Å². The molecule has 0 aromatic heterocycles. The monoisotopic (exact) mass is 930 g/mol. The fourth-order valence-electron chi connectivity index (χ4n) is 5.24. The van der Waals surface area contributed by atoms with Crippen molar-refractivity contribution in [1.82, 2.24) is 0 Å². The lowest BCUT2D eigenvalue weighted by Crippen LogP contribution is -2.16. The molecule has 0 amide bonds. The van der Waals surface area contributed by atoms with Crippen molar-refractivity contribution < 1.29 is 79.9 Å². The fourth-order valence-corrected chi connectivity index (χ4v) is 5.24. The predicted molar refractivity (Wildman–Crippen MR) is 228 cm³/mol. The summed E-state index contributed by atoms with van der Waals surface area (Å²) in [6.07, 6.45) is -4.49. The van der Waals surface area contributed by atoms with Gasteiger partial charge in [-0.05, 0) is 36.4 Å². The molecule has 0 bridgehead atoms. The van der Waals surface area contributed by atoms with Crippen molar-refractivity contribution in [2.75, 3.05) is 156 Å². The minimum atomic E-state index is -4.49. The molecule has 0 saturated carbocycles. The molecule has 0 aliphatic heterocycles. The van der Waals surface area contributed by atoms with Crippen LogP contribution in [0.1, 0.15) is 15.9 Å². The van der Waals surface area contributed by atoms with E-state index >= 15 is 0 Å². The van der Waals surface area contributed by atoms with Crippen LogP contribution in [-0.4, -0.2) is 161 Å². The second-order valence-electron chi connectivity index (χ2n) is 13.2. The lowest BCUT2D eigenvalue weighted by Gasteiger charge is -2.13. The van der Waals surface area contributed by atoms with E-state index in [1.807, 2.05) is 0 Å². The van der Waals surface area contributed by atoms with Crippen LogP contribution in [-0.2, 0) is 58.3 Å². The normalized spacial score (nSPS) is 11.4. The third-order valence-electron chi connectivity index (χ3n) is 8.38. The molecular weight excluding hydrogens is 873 g/mol. The summed E-state index contributed by atoms with van der Waals surface area (Å²) in [7, 11) is 0. The third-order valence-corrected chi connectivity index (χ3v) is 8.38. The average Bonchev–Trinajstić information content (AvgIpc) is 3.29. The van der Waals surface area contributed by atoms with Crippen LogP contribution in [0.2, 0.25) is 0 Å². The molecule has 3 aromatic carbocycles. The number of nitrogens with one attached hydrogen (secondary N) is 2. The highest BCUT2D eigenvalue weighted by molar-refractivity contribution is 5.96. The number of ether oxygens (including phenoxy) is 11. The van der Waals surface area contributed by atoms with Crippen molar-refractivity contribution in [3.8, 4) is 0 Å². The van der Waals surface area contributed by atoms with Crippen molar-refractivity contribution in [1.29, 1.82) is 0 Å². The summed E-state index contributed by atoms with van der Waals surface area (Å²) in [6, 6.07) is 14.5. The minimum absolute atomic E-state index is 0.0189. The van der Waals surface area contributed by atoms with Gasteiger partial charge in [0, 0.05) is 18.3 Å². The van der Waals surface area contributed by atoms with Crippen LogP contribution < -0.4 is 10.6 Å². The van der Waals surface area contributed by atoms with E-state index < -0.39 is 27.6 Å². The summed E-state index contributed by atoms with van der Waals surface area (Å²) in [5, 5.41) is 27.7. The Labute approximate surface area is 374 Å². The number of benzene rings is 3. The van der Waals surface area contributed by atoms with Gasteiger partial charge in [-0.2, -0.15) is 13.2 Å². The van der Waals surface area contributed by atoms with Gasteiger partial charge >= 0.3 is 12.1 Å². The number of para-hydroxylation sites is 1. The summed E-state index contributed by atoms with van der Waals surface area (Å²) in [6.45, 7) is 7.56. The molecule has 3 aromatic rings. The van der Waals surface area contributed by atoms with Gasteiger partial charge in [-0.25, -0.2) is 4.79 Å². The van der Waals surface area contributed by atoms with Gasteiger partial charge in [-0.3, -0.25) is 20.2 Å². The molecule has 0 fully saturated rings. The summed E-state index contributed by atoms with van der Waals surface area (Å²) in [5.74, 6) is -0.643. The topological polar surface area (TPSA) is 229 Å². The highest BCUT2D eigenvalue weighted by Crippen LogP contribution is 2.32. The van der Waals surface area contributed by atoms with Crippen LogP contribution in [0.15, 0.2) is 66.7 Å². The zero-order valence-corrected chi connectivity index (χ0v) is 36.0. The number of carbonyl (C=O) groups is 1. The largest absolute Gasteiger partial charge is 0.460 e. The van der Waals surface area contributed by atoms with Gasteiger partial charge in [0.2, 0.25) is 0 Å². The Bertz CT molecular complexity index is 1800. The number of nitrogens with zero attached hydrogens (tertiary/aromatic N) is 2. The van der Waals surface area contributed by atoms with Crippen molar-refractivity contribution in [2.45, 2.75) is 6.18 Å². The molecule has 0 saturated heterocycles. The number of non-ortho nitro benzene ring substituents is 1. The minimum Gasteiger partial charge on any atom is -0.460 e. The molecule has 20 nitrogen and oxygen atoms in total. The van der Waals surface area contributed by atoms with Gasteiger partial charge in [-0.1, -0.05) is 18.2 Å². The maximum absolute atomic E-state index is 13.1. The van der Waals surface area contributed by atoms with Crippen molar-refractivity contribution in [2.24, 2.45) is 0 Å². The Morgan fingerprint density at radius 1 is 0.508 bits per heavy atom. The molecule has 0 aliphatic carbocycles. The summed E-state index contributed by atoms with van der Waals surface area (Å²) in [4.78, 5) is 33.2. The smallest absolute Gasteiger partial charge is 0.416 e. The average molecular weight is 931 g/mol. The first-order chi connectivity index (χ1) is 31.6. The molecule has 0 heterocycles. The molecule has 2 N–H and O–H groups in total. The first kappa shape index (κ1) is 54.3. The molecular formula is C42H57F3N4O16. The molecule has 65 heavy (non-hydrogen) atoms. The van der Waals surface area contributed by atoms with E-state index in [2.05, 4.69) is 10.6 Å². The molecule has 0 unspecified atom stereocenters. The molecule has 3 rings (SSSR count). The number of esters is 1. The molecule has 0 spiro atoms. The number of hydrogen-bond donors (Lipinski definition) is 2. The number of anilines is 3. The second-order valence-corrected chi connectivity index (χ2v) is 13.2. The summed E-state index contributed by atoms with van der Waals surface area (Å²) >= 11 is 0. The lowest BCUT2D eigenvalue weighted by atomic mass is 10.1. The van der Waals surface area contributed by atoms with Crippen LogP contribution in [0.4, 0.5) is 41.6 Å². The quantitative estimate of drug-likeness (QED) is 0.0302. The molecule has 0 radical (unpaired) electrons. The first-order valence-corrected chi connectivity index (χ1v) is 20.7. The molecule has 362 valence electrons. The van der Waals surface area contributed by atoms with Gasteiger partial charge in [0.05, 0.1) is 165 Å². The Balaban J connectivity index is 0.984. The maximum Gasteiger partial charge on any atom is 0.416 e. The Morgan fingerprint density at radius 3 is 1.40 bits per heavy atom. The predicted octanol–water partition coefficient (Wildman–Crippen LogP) is 5.70. The number of rotatable bonds is 39. The first-order valence-electron chi connectivity index (χ1n) is 20.7. The highest BCUT2D eigenvalue weighted by atomic mass is 19.4. The van der Waals surface area contributed by atoms with E-state index in [9.17, 15) is 38.2 Å². The Kier molecular flexibility index (Phi) is 27.9. The highest BCUT2D eigenvalue weighted by Gasteiger charge is 2.30. The Hall–Kier alpha value is -5.08. The van der Waals surface area contributed by atoms with Gasteiger partial charge in [0.25, 0.3) is 11.4 Å². The standard InChI is InChI=1S/C42H57F3N4O16/c43-42(44,45)34-4-3-5-35(32-34)47-38-7-2-1-6-37(38)41(50)65-31-30-64-29-28-63-27-26-62-25-24-61-23-22-60-21-20-59-19-18-58-17-16-57-15-14-56-13-12-55-11-10-46-39-9-8-36(48(51)52)33-40(39)49(53)54/h1-9,32-33,46-47H,10-31H2. The molecule has 0 atom stereocenters. The molecule has 0 aliphatic rings. The van der Waals surface area contributed by atoms with Gasteiger partial charge in [-0.15, -0.1) is 0 Å². The van der Waals surface area contributed by atoms with E-state index in [1.165, 1.54) is 30.3 Å². The summed E-state index contributed by atoms with van der Waals surface area (Å²) < 4.78 is 99.0. The van der Waals surface area contributed by atoms with E-state index in [4.69, 9.17) is 52.1 Å². The number of carbonyl (C=O) groups excluding carboxylic acids is 1.